The van der Waals surface area contributed by atoms with E-state index in [9.17, 15) is 22.8 Å². The van der Waals surface area contributed by atoms with E-state index in [4.69, 9.17) is 0 Å². The van der Waals surface area contributed by atoms with Crippen LogP contribution < -0.4 is 4.90 Å². The Kier molecular flexibility index (Phi) is 7.56. The number of carbonyl (C=O) groups excluding carboxylic acids is 2. The molecule has 0 aliphatic carbocycles. The average molecular weight is 474 g/mol. The summed E-state index contributed by atoms with van der Waals surface area (Å²) in [6.07, 6.45) is -2.96. The first-order chi connectivity index (χ1) is 16.3. The van der Waals surface area contributed by atoms with Crippen molar-refractivity contribution in [2.75, 3.05) is 50.7 Å². The first-order valence-electron chi connectivity index (χ1n) is 11.8. The molecular weight excluding hydrogens is 443 g/mol. The molecule has 182 valence electrons. The molecule has 2 heterocycles. The van der Waals surface area contributed by atoms with E-state index < -0.39 is 12.1 Å². The second kappa shape index (κ2) is 10.6. The Morgan fingerprint density at radius 3 is 2.18 bits per heavy atom. The lowest BCUT2D eigenvalue weighted by atomic mass is 9.97. The number of hydrogen-bond donors (Lipinski definition) is 0. The SMILES string of the molecule is O=C(CCCN1CCN(c2ccccc2)CC1)c1ccc2c(c1)CCN(C(=O)C(F)(F)F)CC2. The largest absolute Gasteiger partial charge is 0.471 e. The van der Waals surface area contributed by atoms with Crippen molar-refractivity contribution in [3.63, 3.8) is 0 Å². The summed E-state index contributed by atoms with van der Waals surface area (Å²) in [5, 5.41) is 0. The van der Waals surface area contributed by atoms with E-state index in [1.54, 1.807) is 12.1 Å². The molecule has 1 amide bonds. The van der Waals surface area contributed by atoms with Crippen LogP contribution in [-0.2, 0) is 17.6 Å². The molecule has 0 spiro atoms. The minimum atomic E-state index is -4.86. The van der Waals surface area contributed by atoms with Gasteiger partial charge in [-0.3, -0.25) is 14.5 Å². The third-order valence-electron chi connectivity index (χ3n) is 6.73. The molecule has 5 nitrogen and oxygen atoms in total. The van der Waals surface area contributed by atoms with Crippen LogP contribution in [0.15, 0.2) is 48.5 Å². The summed E-state index contributed by atoms with van der Waals surface area (Å²) >= 11 is 0. The number of Topliss-reactive ketones (excluding diaryl/α,β-unsaturated/α-hetero) is 1. The fraction of sp³-hybridized carbons (Fsp3) is 0.462. The molecule has 8 heteroatoms. The standard InChI is InChI=1S/C26H30F3N3O2/c27-26(28,29)25(34)32-13-10-20-8-9-22(19-21(20)11-14-32)24(33)7-4-12-30-15-17-31(18-16-30)23-5-2-1-3-6-23/h1-3,5-6,8-9,19H,4,7,10-18H2. The smallest absolute Gasteiger partial charge is 0.369 e. The second-order valence-electron chi connectivity index (χ2n) is 8.96. The summed E-state index contributed by atoms with van der Waals surface area (Å²) in [6.45, 7) is 4.79. The maximum absolute atomic E-state index is 12.8. The molecule has 1 saturated heterocycles. The van der Waals surface area contributed by atoms with Crippen molar-refractivity contribution < 1.29 is 22.8 Å². The Labute approximate surface area is 198 Å². The van der Waals surface area contributed by atoms with Crippen LogP contribution in [0.1, 0.15) is 34.3 Å². The van der Waals surface area contributed by atoms with E-state index in [0.717, 1.165) is 55.2 Å². The van der Waals surface area contributed by atoms with Gasteiger partial charge in [0.2, 0.25) is 0 Å². The third-order valence-corrected chi connectivity index (χ3v) is 6.73. The molecule has 0 N–H and O–H groups in total. The lowest BCUT2D eigenvalue weighted by Gasteiger charge is -2.36. The Bertz CT molecular complexity index is 1000. The zero-order valence-electron chi connectivity index (χ0n) is 19.2. The van der Waals surface area contributed by atoms with E-state index in [-0.39, 0.29) is 18.9 Å². The lowest BCUT2D eigenvalue weighted by molar-refractivity contribution is -0.185. The third kappa shape index (κ3) is 5.97. The number of amides is 1. The quantitative estimate of drug-likeness (QED) is 0.596. The van der Waals surface area contributed by atoms with Crippen molar-refractivity contribution in [1.29, 1.82) is 0 Å². The fourth-order valence-corrected chi connectivity index (χ4v) is 4.76. The van der Waals surface area contributed by atoms with Crippen LogP contribution in [0, 0.1) is 0 Å². The number of nitrogens with zero attached hydrogens (tertiary/aromatic N) is 3. The van der Waals surface area contributed by atoms with Crippen molar-refractivity contribution in [2.45, 2.75) is 31.9 Å². The van der Waals surface area contributed by atoms with Crippen molar-refractivity contribution in [1.82, 2.24) is 9.80 Å². The molecule has 0 radical (unpaired) electrons. The van der Waals surface area contributed by atoms with E-state index in [2.05, 4.69) is 21.9 Å². The van der Waals surface area contributed by atoms with Gasteiger partial charge < -0.3 is 9.80 Å². The number of ketones is 1. The Morgan fingerprint density at radius 2 is 1.50 bits per heavy atom. The Morgan fingerprint density at radius 1 is 0.824 bits per heavy atom. The average Bonchev–Trinajstić information content (AvgIpc) is 3.06. The van der Waals surface area contributed by atoms with E-state index in [1.165, 1.54) is 5.69 Å². The van der Waals surface area contributed by atoms with Crippen molar-refractivity contribution >= 4 is 17.4 Å². The van der Waals surface area contributed by atoms with Gasteiger partial charge in [-0.25, -0.2) is 0 Å². The van der Waals surface area contributed by atoms with Gasteiger partial charge in [0.05, 0.1) is 0 Å². The number of para-hydroxylation sites is 1. The molecular formula is C26H30F3N3O2. The van der Waals surface area contributed by atoms with Crippen molar-refractivity contribution in [3.05, 3.63) is 65.2 Å². The van der Waals surface area contributed by atoms with Gasteiger partial charge >= 0.3 is 12.1 Å². The van der Waals surface area contributed by atoms with Crippen LogP contribution >= 0.6 is 0 Å². The summed E-state index contributed by atoms with van der Waals surface area (Å²) < 4.78 is 38.3. The summed E-state index contributed by atoms with van der Waals surface area (Å²) in [5.41, 5.74) is 3.61. The van der Waals surface area contributed by atoms with Gasteiger partial charge in [-0.15, -0.1) is 0 Å². The molecule has 2 aliphatic heterocycles. The van der Waals surface area contributed by atoms with Gasteiger partial charge in [-0.05, 0) is 55.1 Å². The van der Waals surface area contributed by atoms with Gasteiger partial charge in [0, 0.05) is 56.9 Å². The number of benzene rings is 2. The highest BCUT2D eigenvalue weighted by atomic mass is 19.4. The highest BCUT2D eigenvalue weighted by molar-refractivity contribution is 5.96. The highest BCUT2D eigenvalue weighted by Crippen LogP contribution is 2.23. The molecule has 2 aliphatic rings. The van der Waals surface area contributed by atoms with E-state index in [0.29, 0.717) is 24.8 Å². The lowest BCUT2D eigenvalue weighted by Crippen LogP contribution is -2.46. The number of fused-ring (bicyclic) bond motifs is 1. The van der Waals surface area contributed by atoms with Gasteiger partial charge in [-0.2, -0.15) is 13.2 Å². The van der Waals surface area contributed by atoms with Gasteiger partial charge in [0.1, 0.15) is 0 Å². The van der Waals surface area contributed by atoms with Crippen LogP contribution in [0.25, 0.3) is 0 Å². The van der Waals surface area contributed by atoms with Crippen LogP contribution in [0.5, 0.6) is 0 Å². The molecule has 34 heavy (non-hydrogen) atoms. The summed E-state index contributed by atoms with van der Waals surface area (Å²) in [6, 6.07) is 15.8. The number of anilines is 1. The predicted octanol–water partition coefficient (Wildman–Crippen LogP) is 3.96. The number of halogens is 3. The van der Waals surface area contributed by atoms with Crippen LogP contribution in [0.2, 0.25) is 0 Å². The highest BCUT2D eigenvalue weighted by Gasteiger charge is 2.42. The Balaban J connectivity index is 1.24. The normalized spacial score (nSPS) is 17.3. The summed E-state index contributed by atoms with van der Waals surface area (Å²) in [5.74, 6) is -1.74. The molecule has 0 saturated carbocycles. The maximum atomic E-state index is 12.8. The first-order valence-corrected chi connectivity index (χ1v) is 11.8. The molecule has 4 rings (SSSR count). The molecule has 0 unspecified atom stereocenters. The molecule has 0 aromatic heterocycles. The monoisotopic (exact) mass is 473 g/mol. The van der Waals surface area contributed by atoms with Gasteiger partial charge in [0.15, 0.2) is 5.78 Å². The molecule has 1 fully saturated rings. The second-order valence-corrected chi connectivity index (χ2v) is 8.96. The molecule has 2 aromatic rings. The Hall–Kier alpha value is -2.87. The zero-order chi connectivity index (χ0) is 24.1. The maximum Gasteiger partial charge on any atom is 0.471 e. The minimum Gasteiger partial charge on any atom is -0.369 e. The number of piperazine rings is 1. The molecule has 0 atom stereocenters. The van der Waals surface area contributed by atoms with E-state index in [1.807, 2.05) is 24.3 Å². The van der Waals surface area contributed by atoms with Crippen LogP contribution in [-0.4, -0.2) is 73.5 Å². The number of alkyl halides is 3. The number of hydrogen-bond acceptors (Lipinski definition) is 4. The predicted molar refractivity (Wildman–Crippen MR) is 125 cm³/mol. The van der Waals surface area contributed by atoms with Crippen LogP contribution in [0.3, 0.4) is 0 Å². The summed E-state index contributed by atoms with van der Waals surface area (Å²) in [4.78, 5) is 30.0. The van der Waals surface area contributed by atoms with Gasteiger partial charge in [-0.1, -0.05) is 30.3 Å². The molecule has 2 aromatic carbocycles. The molecule has 0 bridgehead atoms. The minimum absolute atomic E-state index is 0.0119. The number of carbonyl (C=O) groups is 2. The van der Waals surface area contributed by atoms with Crippen LogP contribution in [0.4, 0.5) is 18.9 Å². The number of rotatable bonds is 6. The van der Waals surface area contributed by atoms with E-state index >= 15 is 0 Å². The fourth-order valence-electron chi connectivity index (χ4n) is 4.76. The topological polar surface area (TPSA) is 43.9 Å². The first kappa shape index (κ1) is 24.3. The van der Waals surface area contributed by atoms with Crippen molar-refractivity contribution in [3.8, 4) is 0 Å². The summed E-state index contributed by atoms with van der Waals surface area (Å²) in [7, 11) is 0. The zero-order valence-corrected chi connectivity index (χ0v) is 19.2. The van der Waals surface area contributed by atoms with Crippen molar-refractivity contribution in [2.24, 2.45) is 0 Å². The van der Waals surface area contributed by atoms with Gasteiger partial charge in [0.25, 0.3) is 0 Å².